The van der Waals surface area contributed by atoms with Crippen LogP contribution in [0.4, 0.5) is 27.1 Å². The Hall–Kier alpha value is -6.18. The number of aromatic nitrogens is 2. The summed E-state index contributed by atoms with van der Waals surface area (Å²) in [4.78, 5) is 9.76. The number of hydrogen-bond donors (Lipinski definition) is 0. The van der Waals surface area contributed by atoms with Crippen LogP contribution in [0.3, 0.4) is 0 Å². The third-order valence-electron chi connectivity index (χ3n) is 12.8. The van der Waals surface area contributed by atoms with E-state index in [1.807, 2.05) is 36.5 Å². The molecule has 1 aliphatic rings. The monoisotopic (exact) mass is 864 g/mol. The van der Waals surface area contributed by atoms with Crippen molar-refractivity contribution in [1.29, 1.82) is 0 Å². The van der Waals surface area contributed by atoms with Gasteiger partial charge in [-0.2, -0.15) is 0 Å². The van der Waals surface area contributed by atoms with Crippen molar-refractivity contribution in [2.24, 2.45) is 0 Å². The number of rotatable bonds is 7. The van der Waals surface area contributed by atoms with E-state index in [1.54, 1.807) is 6.07 Å². The highest BCUT2D eigenvalue weighted by Crippen LogP contribution is 2.51. The molecule has 6 aromatic carbocycles. The van der Waals surface area contributed by atoms with Crippen LogP contribution in [0.15, 0.2) is 140 Å². The topological polar surface area (TPSA) is 33.5 Å². The average Bonchev–Trinajstić information content (AvgIpc) is 3.78. The van der Waals surface area contributed by atoms with E-state index in [0.717, 1.165) is 44.7 Å². The van der Waals surface area contributed by atoms with E-state index >= 15 is 0 Å². The molecule has 0 atom stereocenters. The second-order valence-electron chi connectivity index (χ2n) is 21.7. The van der Waals surface area contributed by atoms with Crippen LogP contribution in [-0.4, -0.2) is 24.3 Å². The molecule has 0 N–H and O–H groups in total. The molecule has 7 heteroatoms. The molecule has 0 saturated carbocycles. The highest BCUT2D eigenvalue weighted by atomic mass is 28.3. The van der Waals surface area contributed by atoms with Crippen molar-refractivity contribution < 1.29 is 9.13 Å². The third kappa shape index (κ3) is 8.11. The molecular formula is C57H61FN4OSi. The number of benzene rings is 6. The lowest BCUT2D eigenvalue weighted by molar-refractivity contribution is 0.483. The quantitative estimate of drug-likeness (QED) is 0.150. The van der Waals surface area contributed by atoms with Gasteiger partial charge in [-0.1, -0.05) is 136 Å². The van der Waals surface area contributed by atoms with Crippen LogP contribution in [0.25, 0.3) is 38.8 Å². The van der Waals surface area contributed by atoms with E-state index in [2.05, 4.69) is 187 Å². The molecule has 326 valence electrons. The maximum absolute atomic E-state index is 14.8. The summed E-state index contributed by atoms with van der Waals surface area (Å²) < 4.78 is 23.7. The van der Waals surface area contributed by atoms with Crippen molar-refractivity contribution in [3.63, 3.8) is 0 Å². The molecule has 64 heavy (non-hydrogen) atoms. The Bertz CT molecular complexity index is 3050. The van der Waals surface area contributed by atoms with Gasteiger partial charge in [-0.25, -0.2) is 9.37 Å². The minimum atomic E-state index is -1.58. The molecule has 0 spiro atoms. The third-order valence-corrected chi connectivity index (χ3v) is 14.8. The van der Waals surface area contributed by atoms with E-state index in [9.17, 15) is 4.39 Å². The van der Waals surface area contributed by atoms with Gasteiger partial charge in [0, 0.05) is 46.0 Å². The lowest BCUT2D eigenvalue weighted by Gasteiger charge is -2.30. The second kappa shape index (κ2) is 15.5. The lowest BCUT2D eigenvalue weighted by atomic mass is 9.80. The van der Waals surface area contributed by atoms with Crippen molar-refractivity contribution in [3.05, 3.63) is 162 Å². The summed E-state index contributed by atoms with van der Waals surface area (Å²) in [5.41, 5.74) is 12.5. The molecule has 0 radical (unpaired) electrons. The average molecular weight is 865 g/mol. The molecule has 9 rings (SSSR count). The molecule has 2 aromatic heterocycles. The van der Waals surface area contributed by atoms with E-state index in [0.29, 0.717) is 12.4 Å². The molecule has 0 bridgehead atoms. The zero-order chi connectivity index (χ0) is 45.5. The van der Waals surface area contributed by atoms with Crippen LogP contribution >= 0.6 is 0 Å². The minimum Gasteiger partial charge on any atom is -0.457 e. The first-order chi connectivity index (χ1) is 30.1. The first-order valence-electron chi connectivity index (χ1n) is 22.6. The standard InChI is InChI=1S/C57H61FN4OSi/c1-55(2,3)38-26-27-59-53(32-38)62-50-25-22-41(58)33-49(50)48-24-23-45(35-52(48)62)63-44-18-14-17-42(34-44)60-36-61(43-30-39(56(4,5)6)29-40(31-43)57(7,8)9)54-47(20-15-21-51(54)60)37-16-13-19-46(28-37)64(10,11)12/h13-35H,36H2,1-12H3. The maximum atomic E-state index is 14.8. The molecule has 0 fully saturated rings. The van der Waals surface area contributed by atoms with E-state index in [1.165, 1.54) is 50.4 Å². The molecule has 5 nitrogen and oxygen atoms in total. The summed E-state index contributed by atoms with van der Waals surface area (Å²) in [6.07, 6.45) is 1.86. The van der Waals surface area contributed by atoms with Gasteiger partial charge in [0.15, 0.2) is 0 Å². The van der Waals surface area contributed by atoms with Crippen LogP contribution in [0.2, 0.25) is 19.6 Å². The van der Waals surface area contributed by atoms with Crippen molar-refractivity contribution in [3.8, 4) is 28.4 Å². The summed E-state index contributed by atoms with van der Waals surface area (Å²) in [5.74, 6) is 1.92. The van der Waals surface area contributed by atoms with E-state index in [4.69, 9.17) is 9.72 Å². The Kier molecular flexibility index (Phi) is 10.4. The first-order valence-corrected chi connectivity index (χ1v) is 26.1. The lowest BCUT2D eigenvalue weighted by Crippen LogP contribution is -2.37. The van der Waals surface area contributed by atoms with Crippen molar-refractivity contribution in [2.45, 2.75) is 98.2 Å². The van der Waals surface area contributed by atoms with Crippen LogP contribution in [0.5, 0.6) is 11.5 Å². The van der Waals surface area contributed by atoms with Gasteiger partial charge in [0.1, 0.15) is 29.8 Å². The van der Waals surface area contributed by atoms with Gasteiger partial charge in [0.2, 0.25) is 0 Å². The van der Waals surface area contributed by atoms with Crippen LogP contribution in [-0.2, 0) is 16.2 Å². The smallest absolute Gasteiger partial charge is 0.137 e. The predicted molar refractivity (Wildman–Crippen MR) is 272 cm³/mol. The molecule has 0 saturated heterocycles. The van der Waals surface area contributed by atoms with Gasteiger partial charge in [-0.3, -0.25) is 4.57 Å². The van der Waals surface area contributed by atoms with Gasteiger partial charge >= 0.3 is 0 Å². The van der Waals surface area contributed by atoms with Gasteiger partial charge < -0.3 is 14.5 Å². The Labute approximate surface area is 380 Å². The number of anilines is 4. The number of hydrogen-bond acceptors (Lipinski definition) is 4. The highest BCUT2D eigenvalue weighted by Gasteiger charge is 2.33. The summed E-state index contributed by atoms with van der Waals surface area (Å²) >= 11 is 0. The number of halogens is 1. The summed E-state index contributed by atoms with van der Waals surface area (Å²) in [6.45, 7) is 28.3. The fraction of sp³-hybridized carbons (Fsp3) is 0.281. The Morgan fingerprint density at radius 3 is 1.95 bits per heavy atom. The fourth-order valence-corrected chi connectivity index (χ4v) is 10.1. The summed E-state index contributed by atoms with van der Waals surface area (Å²) in [7, 11) is -1.58. The van der Waals surface area contributed by atoms with E-state index < -0.39 is 8.07 Å². The molecular weight excluding hydrogens is 804 g/mol. The number of ether oxygens (including phenoxy) is 1. The normalized spacial score (nSPS) is 13.6. The van der Waals surface area contributed by atoms with Crippen LogP contribution in [0.1, 0.15) is 79.0 Å². The molecule has 3 heterocycles. The molecule has 0 unspecified atom stereocenters. The molecule has 1 aliphatic heterocycles. The largest absolute Gasteiger partial charge is 0.457 e. The van der Waals surface area contributed by atoms with Crippen molar-refractivity contribution in [1.82, 2.24) is 9.55 Å². The van der Waals surface area contributed by atoms with Crippen molar-refractivity contribution in [2.75, 3.05) is 16.5 Å². The van der Waals surface area contributed by atoms with Crippen LogP contribution in [0, 0.1) is 5.82 Å². The molecule has 0 aliphatic carbocycles. The zero-order valence-corrected chi connectivity index (χ0v) is 40.6. The van der Waals surface area contributed by atoms with E-state index in [-0.39, 0.29) is 22.1 Å². The number of pyridine rings is 1. The number of nitrogens with zero attached hydrogens (tertiary/aromatic N) is 4. The highest BCUT2D eigenvalue weighted by molar-refractivity contribution is 6.88. The van der Waals surface area contributed by atoms with Crippen LogP contribution < -0.4 is 19.7 Å². The first kappa shape index (κ1) is 43.1. The SMILES string of the molecule is CC(C)(C)c1cc(N2CN(c3cccc(Oc4ccc5c6cc(F)ccc6n(-c6cc(C(C)(C)C)ccn6)c5c4)c3)c3cccc(-c4cccc([Si](C)(C)C)c4)c32)cc(C(C)(C)C)c1. The number of fused-ring (bicyclic) bond motifs is 4. The van der Waals surface area contributed by atoms with Gasteiger partial charge in [0.05, 0.1) is 30.5 Å². The maximum Gasteiger partial charge on any atom is 0.137 e. The minimum absolute atomic E-state index is 0.0321. The Morgan fingerprint density at radius 1 is 0.562 bits per heavy atom. The fourth-order valence-electron chi connectivity index (χ4n) is 8.91. The van der Waals surface area contributed by atoms with Gasteiger partial charge in [-0.05, 0) is 111 Å². The number of para-hydroxylation sites is 1. The summed E-state index contributed by atoms with van der Waals surface area (Å²) in [6, 6.07) is 46.8. The second-order valence-corrected chi connectivity index (χ2v) is 26.8. The van der Waals surface area contributed by atoms with Gasteiger partial charge in [0.25, 0.3) is 0 Å². The summed E-state index contributed by atoms with van der Waals surface area (Å²) in [5, 5.41) is 3.21. The Morgan fingerprint density at radius 2 is 1.25 bits per heavy atom. The van der Waals surface area contributed by atoms with Gasteiger partial charge in [-0.15, -0.1) is 0 Å². The zero-order valence-electron chi connectivity index (χ0n) is 39.6. The van der Waals surface area contributed by atoms with Crippen molar-refractivity contribution >= 4 is 57.8 Å². The predicted octanol–water partition coefficient (Wildman–Crippen LogP) is 15.5. The molecule has 8 aromatic rings. The molecule has 0 amide bonds. The Balaban J connectivity index is 1.15.